The van der Waals surface area contributed by atoms with E-state index in [1.165, 1.54) is 14.2 Å². The van der Waals surface area contributed by atoms with Crippen LogP contribution in [0.3, 0.4) is 0 Å². The van der Waals surface area contributed by atoms with Crippen LogP contribution in [0.25, 0.3) is 33.6 Å². The van der Waals surface area contributed by atoms with E-state index in [1.54, 1.807) is 52.4 Å². The van der Waals surface area contributed by atoms with E-state index in [-0.39, 0.29) is 23.6 Å². The highest BCUT2D eigenvalue weighted by atomic mass is 16.5. The van der Waals surface area contributed by atoms with Gasteiger partial charge in [-0.1, -0.05) is 140 Å². The molecule has 2 aromatic heterocycles. The molecule has 2 aliphatic heterocycles. The van der Waals surface area contributed by atoms with E-state index < -0.39 is 36.3 Å². The molecule has 2 saturated heterocycles. The Morgan fingerprint density at radius 3 is 1.63 bits per heavy atom. The van der Waals surface area contributed by atoms with Gasteiger partial charge in [-0.05, 0) is 59.1 Å². The zero-order chi connectivity index (χ0) is 48.7. The summed E-state index contributed by atoms with van der Waals surface area (Å²) in [5, 5.41) is 16.1. The molecule has 0 radical (unpaired) electrons. The molecule has 9 rings (SSSR count). The predicted octanol–water partition coefficient (Wildman–Crippen LogP) is 8.88. The van der Waals surface area contributed by atoms with E-state index in [4.69, 9.17) is 19.4 Å². The summed E-state index contributed by atoms with van der Waals surface area (Å²) in [6.07, 6.45) is 2.98. The Morgan fingerprint density at radius 1 is 0.643 bits per heavy atom. The Labute approximate surface area is 404 Å². The Kier molecular flexibility index (Phi) is 13.8. The topological polar surface area (TPSA) is 201 Å². The summed E-state index contributed by atoms with van der Waals surface area (Å²) in [4.78, 5) is 82.8. The summed E-state index contributed by atoms with van der Waals surface area (Å²) in [6, 6.07) is 40.5. The lowest BCUT2D eigenvalue weighted by atomic mass is 10.0. The van der Waals surface area contributed by atoms with Gasteiger partial charge in [0.2, 0.25) is 0 Å². The molecule has 4 amide bonds. The summed E-state index contributed by atoms with van der Waals surface area (Å²) in [7, 11) is 2.51. The molecule has 0 saturated carbocycles. The van der Waals surface area contributed by atoms with Gasteiger partial charge in [0, 0.05) is 25.2 Å². The van der Waals surface area contributed by atoms with Crippen molar-refractivity contribution in [3.05, 3.63) is 180 Å². The third-order valence-electron chi connectivity index (χ3n) is 13.0. The molecule has 0 unspecified atom stereocenters. The average molecular weight is 941 g/mol. The summed E-state index contributed by atoms with van der Waals surface area (Å²) in [5.74, 6) is -0.711. The maximum absolute atomic E-state index is 14.5. The third kappa shape index (κ3) is 9.74. The number of aromatic amines is 1. The number of aromatic carboxylic acids is 1. The minimum Gasteiger partial charge on any atom is -0.476 e. The monoisotopic (exact) mass is 940 g/mol. The first kappa shape index (κ1) is 46.6. The average Bonchev–Trinajstić information content (AvgIpc) is 4.25. The van der Waals surface area contributed by atoms with Crippen molar-refractivity contribution in [3.8, 4) is 33.6 Å². The molecule has 0 spiro atoms. The smallest absolute Gasteiger partial charge is 0.407 e. The summed E-state index contributed by atoms with van der Waals surface area (Å²) < 4.78 is 11.6. The molecule has 4 N–H and O–H groups in total. The van der Waals surface area contributed by atoms with Gasteiger partial charge in [0.25, 0.3) is 11.8 Å². The number of benzene rings is 5. The van der Waals surface area contributed by atoms with Crippen molar-refractivity contribution < 1.29 is 38.6 Å². The molecule has 2 aliphatic rings. The number of alkyl carbamates (subject to hydrolysis) is 2. The van der Waals surface area contributed by atoms with Gasteiger partial charge in [-0.3, -0.25) is 9.59 Å². The van der Waals surface area contributed by atoms with Gasteiger partial charge in [-0.25, -0.2) is 24.4 Å². The zero-order valence-electron chi connectivity index (χ0n) is 38.7. The molecule has 7 aromatic rings. The van der Waals surface area contributed by atoms with E-state index >= 15 is 0 Å². The van der Waals surface area contributed by atoms with E-state index in [2.05, 4.69) is 15.6 Å². The Morgan fingerprint density at radius 2 is 1.11 bits per heavy atom. The van der Waals surface area contributed by atoms with Gasteiger partial charge >= 0.3 is 18.2 Å². The van der Waals surface area contributed by atoms with Crippen LogP contribution < -0.4 is 10.6 Å². The van der Waals surface area contributed by atoms with Crippen LogP contribution in [-0.2, 0) is 25.6 Å². The van der Waals surface area contributed by atoms with E-state index in [9.17, 15) is 29.1 Å². The Hall–Kier alpha value is -8.53. The highest BCUT2D eigenvalue weighted by molar-refractivity contribution is 5.94. The van der Waals surface area contributed by atoms with Crippen molar-refractivity contribution >= 4 is 30.0 Å². The number of ether oxygens (including phenoxy) is 2. The number of carbonyl (C=O) groups is 5. The van der Waals surface area contributed by atoms with Crippen molar-refractivity contribution in [1.29, 1.82) is 0 Å². The molecule has 356 valence electrons. The van der Waals surface area contributed by atoms with Crippen LogP contribution in [0.15, 0.2) is 146 Å². The SMILES string of the molecule is COC(=O)N[C@@H](C(=O)N1CCC[C@H]1c1ncc(-c2ccc(-c3ccc(-c4c(C(=O)O)nc([C@@H]5CCCN5C(=O)[C@H](NC(=O)OC)c5ccccc5)n4Cc4ccccc4)cc3)cc2)[nH]1)c1ccccc1. The first-order valence-corrected chi connectivity index (χ1v) is 23.2. The van der Waals surface area contributed by atoms with Crippen molar-refractivity contribution in [2.75, 3.05) is 27.3 Å². The number of nitrogens with one attached hydrogen (secondary N) is 3. The molecule has 16 heteroatoms. The molecule has 0 aliphatic carbocycles. The van der Waals surface area contributed by atoms with E-state index in [1.807, 2.05) is 108 Å². The van der Waals surface area contributed by atoms with Gasteiger partial charge in [0.05, 0.1) is 43.9 Å². The molecular formula is C54H52N8O8. The number of carboxylic acids is 1. The number of imidazole rings is 2. The highest BCUT2D eigenvalue weighted by Gasteiger charge is 2.40. The molecule has 5 aromatic carbocycles. The lowest BCUT2D eigenvalue weighted by molar-refractivity contribution is -0.135. The fourth-order valence-corrected chi connectivity index (χ4v) is 9.57. The van der Waals surface area contributed by atoms with Crippen LogP contribution in [0.1, 0.15) is 88.7 Å². The second-order valence-electron chi connectivity index (χ2n) is 17.2. The normalized spacial score (nSPS) is 16.3. The lowest BCUT2D eigenvalue weighted by Gasteiger charge is -2.29. The second-order valence-corrected chi connectivity index (χ2v) is 17.2. The van der Waals surface area contributed by atoms with Crippen LogP contribution in [0.5, 0.6) is 0 Å². The number of aromatic nitrogens is 4. The standard InChI is InChI=1S/C54H52N8O8/c1-69-53(67)58-44(38-16-8-4-9-17-38)50(63)60-30-12-20-42(60)48-55-32-41(56-48)37-26-22-35(23-27-37)36-24-28-40(29-25-36)47-46(52(65)66)57-49(62(47)33-34-14-6-3-7-15-34)43-21-13-31-61(43)51(64)45(59-54(68)70-2)39-18-10-5-11-19-39/h3-11,14-19,22-29,32,42-45H,12-13,20-21,30-31,33H2,1-2H3,(H,55,56)(H,58,67)(H,59,68)(H,65,66)/t42-,43-,44+,45+/m0/s1. The van der Waals surface area contributed by atoms with E-state index in [0.717, 1.165) is 34.4 Å². The highest BCUT2D eigenvalue weighted by Crippen LogP contribution is 2.39. The first-order valence-electron chi connectivity index (χ1n) is 23.2. The maximum atomic E-state index is 14.5. The molecule has 4 atom stereocenters. The minimum absolute atomic E-state index is 0.132. The Balaban J connectivity index is 0.975. The summed E-state index contributed by atoms with van der Waals surface area (Å²) >= 11 is 0. The van der Waals surface area contributed by atoms with Gasteiger partial charge in [-0.15, -0.1) is 0 Å². The fraction of sp³-hybridized carbons (Fsp3) is 0.241. The number of likely N-dealkylation sites (tertiary alicyclic amines) is 2. The molecular weight excluding hydrogens is 889 g/mol. The largest absolute Gasteiger partial charge is 0.476 e. The number of hydrogen-bond donors (Lipinski definition) is 4. The summed E-state index contributed by atoms with van der Waals surface area (Å²) in [5.41, 5.74) is 6.58. The van der Waals surface area contributed by atoms with Gasteiger partial charge in [0.15, 0.2) is 5.69 Å². The van der Waals surface area contributed by atoms with E-state index in [0.29, 0.717) is 72.9 Å². The van der Waals surface area contributed by atoms with Crippen LogP contribution in [0, 0.1) is 0 Å². The molecule has 0 bridgehead atoms. The van der Waals surface area contributed by atoms with Crippen molar-refractivity contribution in [2.45, 2.75) is 56.4 Å². The molecule has 2 fully saturated rings. The van der Waals surface area contributed by atoms with Gasteiger partial charge < -0.3 is 44.6 Å². The fourth-order valence-electron chi connectivity index (χ4n) is 9.57. The quantitative estimate of drug-likeness (QED) is 0.0816. The van der Waals surface area contributed by atoms with Crippen molar-refractivity contribution in [3.63, 3.8) is 0 Å². The maximum Gasteiger partial charge on any atom is 0.407 e. The molecule has 16 nitrogen and oxygen atoms in total. The van der Waals surface area contributed by atoms with Crippen LogP contribution in [-0.4, -0.2) is 91.7 Å². The first-order chi connectivity index (χ1) is 34.1. The number of H-pyrrole nitrogens is 1. The number of carboxylic acid groups (broad SMARTS) is 1. The second kappa shape index (κ2) is 20.8. The van der Waals surface area contributed by atoms with Gasteiger partial charge in [0.1, 0.15) is 23.7 Å². The zero-order valence-corrected chi connectivity index (χ0v) is 38.7. The van der Waals surface area contributed by atoms with Crippen LogP contribution in [0.4, 0.5) is 9.59 Å². The minimum atomic E-state index is -1.20. The predicted molar refractivity (Wildman–Crippen MR) is 260 cm³/mol. The van der Waals surface area contributed by atoms with Crippen LogP contribution in [0.2, 0.25) is 0 Å². The lowest BCUT2D eigenvalue weighted by Crippen LogP contribution is -2.43. The number of amides is 4. The number of carbonyl (C=O) groups excluding carboxylic acids is 4. The summed E-state index contributed by atoms with van der Waals surface area (Å²) in [6.45, 7) is 1.19. The van der Waals surface area contributed by atoms with Crippen molar-refractivity contribution in [2.24, 2.45) is 0 Å². The van der Waals surface area contributed by atoms with Crippen molar-refractivity contribution in [1.82, 2.24) is 40.0 Å². The van der Waals surface area contributed by atoms with Gasteiger partial charge in [-0.2, -0.15) is 0 Å². The number of hydrogen-bond acceptors (Lipinski definition) is 9. The number of nitrogens with zero attached hydrogens (tertiary/aromatic N) is 5. The number of methoxy groups -OCH3 is 2. The molecule has 4 heterocycles. The molecule has 70 heavy (non-hydrogen) atoms. The number of rotatable bonds is 14. The Bertz CT molecular complexity index is 2980. The third-order valence-corrected chi connectivity index (χ3v) is 13.0. The van der Waals surface area contributed by atoms with Crippen LogP contribution >= 0.6 is 0 Å².